The van der Waals surface area contributed by atoms with Gasteiger partial charge in [0.2, 0.25) is 23.6 Å². The van der Waals surface area contributed by atoms with E-state index in [4.69, 9.17) is 9.47 Å². The lowest BCUT2D eigenvalue weighted by atomic mass is 9.54. The fourth-order valence-electron chi connectivity index (χ4n) is 11.6. The van der Waals surface area contributed by atoms with Gasteiger partial charge in [-0.2, -0.15) is 13.2 Å². The number of nitrogens with one attached hydrogen (secondary N) is 3. The van der Waals surface area contributed by atoms with Crippen molar-refractivity contribution in [3.8, 4) is 0 Å². The van der Waals surface area contributed by atoms with E-state index in [1.54, 1.807) is 24.3 Å². The number of anilines is 1. The molecule has 4 aliphatic carbocycles. The topological polar surface area (TPSA) is 171 Å². The van der Waals surface area contributed by atoms with Gasteiger partial charge in [0.25, 0.3) is 0 Å². The summed E-state index contributed by atoms with van der Waals surface area (Å²) in [6.45, 7) is 7.36. The fraction of sp³-hybridized carbons (Fsp3) is 0.660. The Balaban J connectivity index is 0.763. The average molecular weight is 948 g/mol. The maximum Gasteiger partial charge on any atom is 0.416 e. The minimum Gasteiger partial charge on any atom is -0.381 e. The first kappa shape index (κ1) is 49.5. The van der Waals surface area contributed by atoms with Crippen LogP contribution in [-0.4, -0.2) is 137 Å². The molecule has 2 aromatic heterocycles. The molecule has 6 fully saturated rings. The van der Waals surface area contributed by atoms with Gasteiger partial charge in [-0.15, -0.1) is 0 Å². The monoisotopic (exact) mass is 948 g/mol. The smallest absolute Gasteiger partial charge is 0.381 e. The molecule has 4 heterocycles. The SMILES string of the molecule is CC(C)N(C)[C@@H]1CC[C@H](N2CC[C@H](Nc3ncnc4ccc(C(F)(F)F)cc34)C2=O)[C@H](NC(=O)CCCOCC23CCC(COCCNC(=O)[C@H]4CC(=O)N(C)[C@@H]4c4cccnc4)(CC2)CC3)C1. The maximum absolute atomic E-state index is 14.0. The van der Waals surface area contributed by atoms with Gasteiger partial charge in [0, 0.05) is 69.4 Å². The molecular formula is C50H68F3N9O6. The third kappa shape index (κ3) is 11.1. The summed E-state index contributed by atoms with van der Waals surface area (Å²) in [6, 6.07) is 6.08. The van der Waals surface area contributed by atoms with Crippen LogP contribution in [0.25, 0.3) is 10.9 Å². The molecular weight excluding hydrogens is 880 g/mol. The van der Waals surface area contributed by atoms with Gasteiger partial charge in [0.05, 0.1) is 54.9 Å². The van der Waals surface area contributed by atoms with Crippen molar-refractivity contribution in [2.45, 2.75) is 140 Å². The Labute approximate surface area is 397 Å². The van der Waals surface area contributed by atoms with Crippen molar-refractivity contribution in [1.82, 2.24) is 40.3 Å². The number of rotatable bonds is 19. The first-order chi connectivity index (χ1) is 32.6. The maximum atomic E-state index is 14.0. The van der Waals surface area contributed by atoms with E-state index in [2.05, 4.69) is 56.7 Å². The molecule has 6 atom stereocenters. The van der Waals surface area contributed by atoms with Crippen molar-refractivity contribution in [3.63, 3.8) is 0 Å². The van der Waals surface area contributed by atoms with E-state index >= 15 is 0 Å². The van der Waals surface area contributed by atoms with Crippen LogP contribution in [-0.2, 0) is 34.8 Å². The Bertz CT molecular complexity index is 2240. The number of hydrogen-bond donors (Lipinski definition) is 3. The molecule has 18 heteroatoms. The molecule has 3 aromatic rings. The van der Waals surface area contributed by atoms with Crippen molar-refractivity contribution in [1.29, 1.82) is 0 Å². The number of nitrogens with zero attached hydrogens (tertiary/aromatic N) is 6. The molecule has 0 radical (unpaired) electrons. The number of benzene rings is 1. The Kier molecular flexibility index (Phi) is 15.3. The molecule has 15 nitrogen and oxygen atoms in total. The number of carbonyl (C=O) groups is 4. The minimum atomic E-state index is -4.54. The quantitative estimate of drug-likeness (QED) is 0.115. The van der Waals surface area contributed by atoms with Gasteiger partial charge in [-0.05, 0) is 132 Å². The highest BCUT2D eigenvalue weighted by Gasteiger charge is 2.49. The van der Waals surface area contributed by atoms with Crippen LogP contribution in [0.1, 0.15) is 114 Å². The molecule has 6 aliphatic rings. The lowest BCUT2D eigenvalue weighted by molar-refractivity contribution is -0.137. The Morgan fingerprint density at radius 1 is 0.971 bits per heavy atom. The molecule has 68 heavy (non-hydrogen) atoms. The minimum absolute atomic E-state index is 0.0537. The molecule has 2 saturated heterocycles. The van der Waals surface area contributed by atoms with Crippen molar-refractivity contribution >= 4 is 40.3 Å². The molecule has 0 unspecified atom stereocenters. The van der Waals surface area contributed by atoms with Gasteiger partial charge in [-0.25, -0.2) is 9.97 Å². The second-order valence-corrected chi connectivity index (χ2v) is 20.5. The van der Waals surface area contributed by atoms with Crippen LogP contribution in [0.2, 0.25) is 0 Å². The number of carbonyl (C=O) groups excluding carboxylic acids is 4. The lowest BCUT2D eigenvalue weighted by Gasteiger charge is -2.53. The summed E-state index contributed by atoms with van der Waals surface area (Å²) in [4.78, 5) is 71.7. The van der Waals surface area contributed by atoms with E-state index in [1.165, 1.54) is 12.4 Å². The predicted molar refractivity (Wildman–Crippen MR) is 249 cm³/mol. The summed E-state index contributed by atoms with van der Waals surface area (Å²) < 4.78 is 53.2. The van der Waals surface area contributed by atoms with Gasteiger partial charge < -0.3 is 40.1 Å². The summed E-state index contributed by atoms with van der Waals surface area (Å²) in [5, 5.41) is 9.65. The van der Waals surface area contributed by atoms with E-state index in [9.17, 15) is 32.3 Å². The summed E-state index contributed by atoms with van der Waals surface area (Å²) in [7, 11) is 3.83. The standard InChI is InChI=1S/C50H68F3N9O6/c1-32(2)60(3)35-10-12-41(62-22-13-39(47(62)66)59-45-36-25-34(50(51,52)53)9-11-38(36)56-31-57-45)40(26-35)58-42(63)8-6-23-67-29-48-14-17-49(18-15-48,19-16-48)30-68-24-21-55-46(65)37-27-43(64)61(4)44(37)33-7-5-20-54-28-33/h5,7,9,11,20,25,28,31-32,35,37,39-41,44H,6,8,10,12-19,21-24,26-27,29-30H2,1-4H3,(H,55,65)(H,58,63)(H,56,57,59)/t35-,37+,39+,40-,41+,44-,48?,49?/m1/s1. The third-order valence-electron chi connectivity index (χ3n) is 16.0. The van der Waals surface area contributed by atoms with Gasteiger partial charge in [-0.3, -0.25) is 24.2 Å². The number of alkyl halides is 3. The molecule has 3 N–H and O–H groups in total. The zero-order chi connectivity index (χ0) is 48.2. The summed E-state index contributed by atoms with van der Waals surface area (Å²) in [5.41, 5.74) is 0.667. The van der Waals surface area contributed by atoms with Gasteiger partial charge in [0.15, 0.2) is 0 Å². The second-order valence-electron chi connectivity index (χ2n) is 20.5. The summed E-state index contributed by atoms with van der Waals surface area (Å²) in [5.74, 6) is -0.715. The van der Waals surface area contributed by atoms with E-state index in [1.807, 2.05) is 17.0 Å². The van der Waals surface area contributed by atoms with E-state index in [0.29, 0.717) is 83.2 Å². The molecule has 9 rings (SSSR count). The van der Waals surface area contributed by atoms with E-state index in [-0.39, 0.29) is 76.3 Å². The third-order valence-corrected chi connectivity index (χ3v) is 16.0. The van der Waals surface area contributed by atoms with Gasteiger partial charge in [-0.1, -0.05) is 6.07 Å². The molecule has 2 bridgehead atoms. The predicted octanol–water partition coefficient (Wildman–Crippen LogP) is 6.29. The highest BCUT2D eigenvalue weighted by Crippen LogP contribution is 2.57. The normalized spacial score (nSPS) is 28.5. The Morgan fingerprint density at radius 2 is 1.69 bits per heavy atom. The van der Waals surface area contributed by atoms with Crippen LogP contribution in [0.15, 0.2) is 49.1 Å². The largest absolute Gasteiger partial charge is 0.416 e. The number of halogens is 3. The van der Waals surface area contributed by atoms with Crippen molar-refractivity contribution < 1.29 is 41.8 Å². The number of ether oxygens (including phenoxy) is 2. The number of aromatic nitrogens is 3. The number of pyridine rings is 1. The van der Waals surface area contributed by atoms with Crippen LogP contribution < -0.4 is 16.0 Å². The highest BCUT2D eigenvalue weighted by atomic mass is 19.4. The van der Waals surface area contributed by atoms with Crippen molar-refractivity contribution in [2.75, 3.05) is 58.9 Å². The van der Waals surface area contributed by atoms with E-state index in [0.717, 1.165) is 62.6 Å². The zero-order valence-corrected chi connectivity index (χ0v) is 39.9. The molecule has 2 aliphatic heterocycles. The van der Waals surface area contributed by atoms with Gasteiger partial charge >= 0.3 is 6.18 Å². The van der Waals surface area contributed by atoms with Gasteiger partial charge in [0.1, 0.15) is 18.2 Å². The molecule has 4 amide bonds. The van der Waals surface area contributed by atoms with Crippen molar-refractivity contribution in [2.24, 2.45) is 16.7 Å². The molecule has 1 aromatic carbocycles. The lowest BCUT2D eigenvalue weighted by Crippen LogP contribution is -2.58. The summed E-state index contributed by atoms with van der Waals surface area (Å²) >= 11 is 0. The van der Waals surface area contributed by atoms with E-state index < -0.39 is 23.7 Å². The van der Waals surface area contributed by atoms with Crippen LogP contribution in [0, 0.1) is 16.7 Å². The Morgan fingerprint density at radius 3 is 2.37 bits per heavy atom. The first-order valence-electron chi connectivity index (χ1n) is 24.5. The van der Waals surface area contributed by atoms with Crippen LogP contribution in [0.5, 0.6) is 0 Å². The van der Waals surface area contributed by atoms with Crippen LogP contribution in [0.4, 0.5) is 19.0 Å². The fourth-order valence-corrected chi connectivity index (χ4v) is 11.6. The average Bonchev–Trinajstić information content (AvgIpc) is 3.84. The Hall–Kier alpha value is -4.94. The number of fused-ring (bicyclic) bond motifs is 4. The zero-order valence-electron chi connectivity index (χ0n) is 39.9. The first-order valence-corrected chi connectivity index (χ1v) is 24.5. The molecule has 0 spiro atoms. The van der Waals surface area contributed by atoms with Crippen LogP contribution in [0.3, 0.4) is 0 Å². The molecule has 4 saturated carbocycles. The number of amides is 4. The highest BCUT2D eigenvalue weighted by molar-refractivity contribution is 5.93. The number of likely N-dealkylation sites (tertiary alicyclic amines) is 2. The second kappa shape index (κ2) is 21.0. The summed E-state index contributed by atoms with van der Waals surface area (Å²) in [6.07, 6.45) is 10.3. The van der Waals surface area contributed by atoms with Crippen molar-refractivity contribution in [3.05, 3.63) is 60.2 Å². The molecule has 370 valence electrons. The number of hydrogen-bond acceptors (Lipinski definition) is 11. The van der Waals surface area contributed by atoms with Crippen LogP contribution >= 0.6 is 0 Å².